The minimum Gasteiger partial charge on any atom is -2.00 e. The van der Waals surface area contributed by atoms with Crippen LogP contribution < -0.4 is 5.11 Å². The average molecular weight is 519 g/mol. The molecular weight excluding hydrogens is 502 g/mol. The fourth-order valence-electron chi connectivity index (χ4n) is 3.08. The van der Waals surface area contributed by atoms with E-state index in [0.29, 0.717) is 6.29 Å². The van der Waals surface area contributed by atoms with Crippen LogP contribution in [0.5, 0.6) is 5.75 Å². The van der Waals surface area contributed by atoms with E-state index in [9.17, 15) is 9.90 Å². The fourth-order valence-corrected chi connectivity index (χ4v) is 3.08. The molecule has 0 fully saturated rings. The van der Waals surface area contributed by atoms with Crippen molar-refractivity contribution in [3.05, 3.63) is 90.8 Å². The van der Waals surface area contributed by atoms with E-state index in [1.165, 1.54) is 6.07 Å². The third kappa shape index (κ3) is 7.40. The van der Waals surface area contributed by atoms with Gasteiger partial charge in [-0.25, -0.2) is 0 Å². The van der Waals surface area contributed by atoms with Crippen LogP contribution in [0.3, 0.4) is 0 Å². The summed E-state index contributed by atoms with van der Waals surface area (Å²) in [6, 6.07) is 22.6. The Bertz CT molecular complexity index is 1250. The SMILES string of the molecule is ClCCl.O=Cc1c([O-])ccc2ccccc12.[O-2].[O-2].[V].c1cnc2c(c1)ccc1cccnc12. The summed E-state index contributed by atoms with van der Waals surface area (Å²) in [6.07, 6.45) is 4.22. The van der Waals surface area contributed by atoms with Gasteiger partial charge < -0.3 is 16.1 Å². The number of fused-ring (bicyclic) bond motifs is 4. The summed E-state index contributed by atoms with van der Waals surface area (Å²) in [5.74, 6) is -0.214. The van der Waals surface area contributed by atoms with Crippen LogP contribution in [-0.2, 0) is 29.5 Å². The molecule has 0 unspecified atom stereocenters. The van der Waals surface area contributed by atoms with Gasteiger partial charge in [-0.05, 0) is 22.9 Å². The van der Waals surface area contributed by atoms with Crippen molar-refractivity contribution < 1.29 is 39.4 Å². The van der Waals surface area contributed by atoms with Crippen LogP contribution in [0.1, 0.15) is 10.4 Å². The Morgan fingerprint density at radius 1 is 0.727 bits per heavy atom. The first-order chi connectivity index (χ1) is 14.7. The number of aldehydes is 1. The van der Waals surface area contributed by atoms with Gasteiger partial charge in [0.2, 0.25) is 0 Å². The second-order valence-corrected chi connectivity index (χ2v) is 6.94. The molecule has 2 heterocycles. The standard InChI is InChI=1S/C12H8N2.C11H8O2.CH2Cl2.2O.V/c1-3-9-5-6-10-4-2-8-14-12(10)11(9)13-7-1;12-7-10-9-4-2-1-3-8(9)5-6-11(10)13;2-1-3;;;/h1-8H;1-7,13H;1H2;;;/q;;;2*-2;/p-1. The zero-order valence-electron chi connectivity index (χ0n) is 17.1. The van der Waals surface area contributed by atoms with E-state index >= 15 is 0 Å². The number of alkyl halides is 2. The van der Waals surface area contributed by atoms with E-state index < -0.39 is 0 Å². The van der Waals surface area contributed by atoms with Crippen molar-refractivity contribution in [3.63, 3.8) is 0 Å². The Labute approximate surface area is 212 Å². The van der Waals surface area contributed by atoms with Crippen LogP contribution in [-0.4, -0.2) is 21.6 Å². The number of halogens is 2. The maximum absolute atomic E-state index is 11.2. The number of hydrogen-bond acceptors (Lipinski definition) is 4. The number of pyridine rings is 2. The van der Waals surface area contributed by atoms with Gasteiger partial charge in [-0.3, -0.25) is 14.8 Å². The molecule has 2 aromatic heterocycles. The number of rotatable bonds is 1. The first-order valence-electron chi connectivity index (χ1n) is 9.04. The molecule has 0 aliphatic heterocycles. The Morgan fingerprint density at radius 2 is 1.18 bits per heavy atom. The van der Waals surface area contributed by atoms with Crippen LogP contribution in [0, 0.1) is 0 Å². The first-order valence-corrected chi connectivity index (χ1v) is 10.1. The number of carbonyl (C=O) groups excluding carboxylic acids is 1. The molecule has 6 nitrogen and oxygen atoms in total. The number of hydrogen-bond donors (Lipinski definition) is 0. The molecule has 9 heteroatoms. The summed E-state index contributed by atoms with van der Waals surface area (Å²) in [6.45, 7) is 0. The van der Waals surface area contributed by atoms with Gasteiger partial charge in [0, 0.05) is 47.3 Å². The second-order valence-electron chi connectivity index (χ2n) is 6.13. The van der Waals surface area contributed by atoms with Crippen molar-refractivity contribution >= 4 is 62.1 Å². The van der Waals surface area contributed by atoms with Gasteiger partial charge in [-0.15, -0.1) is 23.2 Å². The molecule has 5 rings (SSSR count). The Hall–Kier alpha value is -2.71. The summed E-state index contributed by atoms with van der Waals surface area (Å²) in [5.41, 5.74) is 2.20. The topological polar surface area (TPSA) is 123 Å². The second kappa shape index (κ2) is 15.2. The molecule has 5 aromatic rings. The van der Waals surface area contributed by atoms with Gasteiger partial charge in [-0.1, -0.05) is 66.4 Å². The van der Waals surface area contributed by atoms with Gasteiger partial charge >= 0.3 is 0 Å². The molecular formula is C24H17Cl2N2O4V-5. The molecule has 0 atom stereocenters. The fraction of sp³-hybridized carbons (Fsp3) is 0.0417. The van der Waals surface area contributed by atoms with Crippen molar-refractivity contribution in [2.24, 2.45) is 0 Å². The molecule has 0 saturated heterocycles. The van der Waals surface area contributed by atoms with Crippen LogP contribution >= 0.6 is 23.2 Å². The smallest absolute Gasteiger partial charge is 0.150 e. The van der Waals surface area contributed by atoms with Crippen LogP contribution in [0.25, 0.3) is 32.6 Å². The summed E-state index contributed by atoms with van der Waals surface area (Å²) in [7, 11) is 0. The number of nitrogens with zero attached hydrogens (tertiary/aromatic N) is 2. The number of benzene rings is 3. The van der Waals surface area contributed by atoms with Crippen LogP contribution in [0.15, 0.2) is 85.2 Å². The summed E-state index contributed by atoms with van der Waals surface area (Å²) < 4.78 is 0. The zero-order valence-corrected chi connectivity index (χ0v) is 20.0. The number of carbonyl (C=O) groups is 1. The Morgan fingerprint density at radius 3 is 1.70 bits per heavy atom. The van der Waals surface area contributed by atoms with Crippen LogP contribution in [0.4, 0.5) is 0 Å². The van der Waals surface area contributed by atoms with Gasteiger partial charge in [0.15, 0.2) is 0 Å². The third-order valence-corrected chi connectivity index (χ3v) is 4.39. The van der Waals surface area contributed by atoms with E-state index in [-0.39, 0.29) is 46.2 Å². The van der Waals surface area contributed by atoms with Crippen molar-refractivity contribution in [2.75, 3.05) is 5.34 Å². The zero-order chi connectivity index (χ0) is 21.3. The van der Waals surface area contributed by atoms with Crippen molar-refractivity contribution in [2.45, 2.75) is 0 Å². The van der Waals surface area contributed by atoms with Gasteiger partial charge in [-0.2, -0.15) is 0 Å². The normalized spacial score (nSPS) is 9.15. The number of aromatic nitrogens is 2. The third-order valence-electron chi connectivity index (χ3n) is 4.39. The first kappa shape index (κ1) is 30.3. The molecule has 1 radical (unpaired) electrons. The molecule has 33 heavy (non-hydrogen) atoms. The Balaban J connectivity index is 0.000000515. The van der Waals surface area contributed by atoms with Gasteiger partial charge in [0.05, 0.1) is 16.4 Å². The molecule has 171 valence electrons. The maximum atomic E-state index is 11.2. The van der Waals surface area contributed by atoms with E-state index in [2.05, 4.69) is 34.2 Å². The summed E-state index contributed by atoms with van der Waals surface area (Å²) in [5, 5.41) is 15.4. The van der Waals surface area contributed by atoms with Crippen LogP contribution in [0.2, 0.25) is 0 Å². The van der Waals surface area contributed by atoms with Crippen molar-refractivity contribution in [1.29, 1.82) is 0 Å². The molecule has 0 bridgehead atoms. The molecule has 3 aromatic carbocycles. The van der Waals surface area contributed by atoms with Crippen molar-refractivity contribution in [1.82, 2.24) is 9.97 Å². The largest absolute Gasteiger partial charge is 2.00 e. The van der Waals surface area contributed by atoms with E-state index in [4.69, 9.17) is 23.2 Å². The minimum absolute atomic E-state index is 0. The molecule has 0 spiro atoms. The van der Waals surface area contributed by atoms with E-state index in [1.54, 1.807) is 24.5 Å². The quantitative estimate of drug-likeness (QED) is 0.160. The van der Waals surface area contributed by atoms with Gasteiger partial charge in [0.1, 0.15) is 6.29 Å². The minimum atomic E-state index is -0.214. The molecule has 0 aliphatic rings. The summed E-state index contributed by atoms with van der Waals surface area (Å²) >= 11 is 9.53. The average Bonchev–Trinajstić information content (AvgIpc) is 2.80. The molecule has 0 aliphatic carbocycles. The Kier molecular flexibility index (Phi) is 13.9. The van der Waals surface area contributed by atoms with E-state index in [0.717, 1.165) is 32.6 Å². The monoisotopic (exact) mass is 518 g/mol. The predicted molar refractivity (Wildman–Crippen MR) is 124 cm³/mol. The van der Waals surface area contributed by atoms with Crippen molar-refractivity contribution in [3.8, 4) is 5.75 Å². The molecule has 0 saturated carbocycles. The van der Waals surface area contributed by atoms with E-state index in [1.807, 2.05) is 30.3 Å². The molecule has 0 N–H and O–H groups in total. The predicted octanol–water partition coefficient (Wildman–Crippen LogP) is 5.69. The molecule has 0 amide bonds. The maximum Gasteiger partial charge on any atom is 0.150 e. The summed E-state index contributed by atoms with van der Waals surface area (Å²) in [4.78, 5) is 19.3. The van der Waals surface area contributed by atoms with Gasteiger partial charge in [0.25, 0.3) is 0 Å².